The van der Waals surface area contributed by atoms with Crippen molar-refractivity contribution < 1.29 is 19.4 Å². The number of cyclic esters (lactones) is 1. The fourth-order valence-electron chi connectivity index (χ4n) is 2.97. The van der Waals surface area contributed by atoms with Gasteiger partial charge in [-0.1, -0.05) is 80.9 Å². The minimum absolute atomic E-state index is 0.404. The van der Waals surface area contributed by atoms with Gasteiger partial charge in [-0.3, -0.25) is 0 Å². The molecular formula is C21H24O4. The van der Waals surface area contributed by atoms with Gasteiger partial charge in [0.1, 0.15) is 6.10 Å². The number of hydrogen-bond donors (Lipinski definition) is 1. The summed E-state index contributed by atoms with van der Waals surface area (Å²) in [6, 6.07) is 16.5. The van der Waals surface area contributed by atoms with E-state index in [1.165, 1.54) is 0 Å². The Labute approximate surface area is 148 Å². The topological polar surface area (TPSA) is 55.8 Å². The number of aryl methyl sites for hydroxylation is 1. The summed E-state index contributed by atoms with van der Waals surface area (Å²) >= 11 is 0. The van der Waals surface area contributed by atoms with Gasteiger partial charge in [0.25, 0.3) is 0 Å². The van der Waals surface area contributed by atoms with E-state index < -0.39 is 29.4 Å². The lowest BCUT2D eigenvalue weighted by atomic mass is 9.84. The summed E-state index contributed by atoms with van der Waals surface area (Å²) in [6.45, 7) is 7.78. The predicted octanol–water partition coefficient (Wildman–Crippen LogP) is 3.87. The third-order valence-electron chi connectivity index (χ3n) is 4.50. The van der Waals surface area contributed by atoms with Gasteiger partial charge in [-0.25, -0.2) is 4.79 Å². The van der Waals surface area contributed by atoms with E-state index in [4.69, 9.17) is 9.47 Å². The molecule has 0 spiro atoms. The van der Waals surface area contributed by atoms with Crippen molar-refractivity contribution in [1.29, 1.82) is 0 Å². The zero-order valence-corrected chi connectivity index (χ0v) is 15.0. The summed E-state index contributed by atoms with van der Waals surface area (Å²) in [6.07, 6.45) is -1.91. The first-order valence-electron chi connectivity index (χ1n) is 8.44. The van der Waals surface area contributed by atoms with E-state index in [-0.39, 0.29) is 0 Å². The average Bonchev–Trinajstić information content (AvgIpc) is 2.94. The van der Waals surface area contributed by atoms with E-state index in [0.29, 0.717) is 11.1 Å². The highest BCUT2D eigenvalue weighted by atomic mass is 16.8. The first kappa shape index (κ1) is 17.6. The third-order valence-corrected chi connectivity index (χ3v) is 4.50. The maximum Gasteiger partial charge on any atom is 0.348 e. The standard InChI is InChI=1S/C21H24O4/c1-14-10-12-15(13-11-14)17(22)21(16-8-6-5-7-9-16)18(23)24-19(25-21)20(2,3)4/h5-13,17,19,22H,1-4H3/t17-,19+,21+/m0/s1. The predicted molar refractivity (Wildman–Crippen MR) is 94.7 cm³/mol. The van der Waals surface area contributed by atoms with E-state index in [9.17, 15) is 9.90 Å². The van der Waals surface area contributed by atoms with Crippen molar-refractivity contribution in [1.82, 2.24) is 0 Å². The number of carbonyl (C=O) groups excluding carboxylic acids is 1. The van der Waals surface area contributed by atoms with Gasteiger partial charge in [-0.2, -0.15) is 0 Å². The second-order valence-corrected chi connectivity index (χ2v) is 7.64. The Kier molecular flexibility index (Phi) is 4.43. The number of aliphatic hydroxyl groups is 1. The van der Waals surface area contributed by atoms with E-state index in [2.05, 4.69) is 0 Å². The van der Waals surface area contributed by atoms with Crippen molar-refractivity contribution in [3.05, 3.63) is 71.3 Å². The molecule has 1 heterocycles. The number of carbonyl (C=O) groups is 1. The Morgan fingerprint density at radius 3 is 2.16 bits per heavy atom. The van der Waals surface area contributed by atoms with Crippen LogP contribution in [-0.2, 0) is 19.9 Å². The Bertz CT molecular complexity index is 746. The SMILES string of the molecule is Cc1ccc([C@H](O)[C@@]2(c3ccccc3)O[C@H](C(C)(C)C)OC2=O)cc1. The summed E-state index contributed by atoms with van der Waals surface area (Å²) in [5.41, 5.74) is 0.293. The molecule has 4 nitrogen and oxygen atoms in total. The zero-order chi connectivity index (χ0) is 18.2. The van der Waals surface area contributed by atoms with E-state index in [0.717, 1.165) is 5.56 Å². The number of hydrogen-bond acceptors (Lipinski definition) is 4. The van der Waals surface area contributed by atoms with Crippen LogP contribution in [0, 0.1) is 12.3 Å². The van der Waals surface area contributed by atoms with Crippen LogP contribution in [0.3, 0.4) is 0 Å². The monoisotopic (exact) mass is 340 g/mol. The number of ether oxygens (including phenoxy) is 2. The molecule has 1 saturated heterocycles. The molecule has 0 saturated carbocycles. The van der Waals surface area contributed by atoms with Gasteiger partial charge < -0.3 is 14.6 Å². The highest BCUT2D eigenvalue weighted by Gasteiger charge is 2.59. The van der Waals surface area contributed by atoms with Crippen LogP contribution in [0.25, 0.3) is 0 Å². The maximum absolute atomic E-state index is 12.9. The Balaban J connectivity index is 2.11. The van der Waals surface area contributed by atoms with Crippen molar-refractivity contribution in [2.75, 3.05) is 0 Å². The second-order valence-electron chi connectivity index (χ2n) is 7.64. The van der Waals surface area contributed by atoms with Crippen LogP contribution >= 0.6 is 0 Å². The van der Waals surface area contributed by atoms with Crippen molar-refractivity contribution in [2.24, 2.45) is 5.41 Å². The Morgan fingerprint density at radius 2 is 1.64 bits per heavy atom. The molecule has 1 aliphatic heterocycles. The minimum atomic E-state index is -1.57. The van der Waals surface area contributed by atoms with Crippen LogP contribution in [0.5, 0.6) is 0 Å². The zero-order valence-electron chi connectivity index (χ0n) is 15.0. The molecule has 1 N–H and O–H groups in total. The van der Waals surface area contributed by atoms with Crippen LogP contribution in [0.2, 0.25) is 0 Å². The molecule has 0 radical (unpaired) electrons. The third kappa shape index (κ3) is 3.08. The molecule has 2 aromatic carbocycles. The molecule has 0 unspecified atom stereocenters. The summed E-state index contributed by atoms with van der Waals surface area (Å²) in [4.78, 5) is 12.9. The number of aliphatic hydroxyl groups excluding tert-OH is 1. The van der Waals surface area contributed by atoms with E-state index in [1.807, 2.05) is 70.2 Å². The fourth-order valence-corrected chi connectivity index (χ4v) is 2.97. The smallest absolute Gasteiger partial charge is 0.348 e. The quantitative estimate of drug-likeness (QED) is 0.862. The molecule has 0 aliphatic carbocycles. The van der Waals surface area contributed by atoms with Crippen molar-refractivity contribution >= 4 is 5.97 Å². The van der Waals surface area contributed by atoms with E-state index in [1.54, 1.807) is 12.1 Å². The van der Waals surface area contributed by atoms with Crippen LogP contribution in [0.15, 0.2) is 54.6 Å². The molecule has 25 heavy (non-hydrogen) atoms. The van der Waals surface area contributed by atoms with Crippen molar-refractivity contribution in [2.45, 2.75) is 45.7 Å². The second kappa shape index (κ2) is 6.28. The van der Waals surface area contributed by atoms with Gasteiger partial charge >= 0.3 is 5.97 Å². The van der Waals surface area contributed by atoms with Crippen LogP contribution in [0.1, 0.15) is 43.6 Å². The number of benzene rings is 2. The first-order valence-corrected chi connectivity index (χ1v) is 8.44. The minimum Gasteiger partial charge on any atom is -0.433 e. The maximum atomic E-state index is 12.9. The van der Waals surface area contributed by atoms with Gasteiger partial charge in [0, 0.05) is 5.41 Å². The van der Waals surface area contributed by atoms with Gasteiger partial charge in [0.2, 0.25) is 11.9 Å². The van der Waals surface area contributed by atoms with E-state index >= 15 is 0 Å². The largest absolute Gasteiger partial charge is 0.433 e. The molecular weight excluding hydrogens is 316 g/mol. The Morgan fingerprint density at radius 1 is 1.04 bits per heavy atom. The lowest BCUT2D eigenvalue weighted by molar-refractivity contribution is -0.175. The normalized spacial score (nSPS) is 24.8. The van der Waals surface area contributed by atoms with Gasteiger partial charge in [-0.05, 0) is 18.1 Å². The van der Waals surface area contributed by atoms with Crippen molar-refractivity contribution in [3.63, 3.8) is 0 Å². The summed E-state index contributed by atoms with van der Waals surface area (Å²) in [7, 11) is 0. The average molecular weight is 340 g/mol. The van der Waals surface area contributed by atoms with Crippen LogP contribution < -0.4 is 0 Å². The number of rotatable bonds is 3. The first-order chi connectivity index (χ1) is 11.7. The molecule has 2 aromatic rings. The van der Waals surface area contributed by atoms with Crippen LogP contribution in [0.4, 0.5) is 0 Å². The Hall–Kier alpha value is -2.17. The summed E-state index contributed by atoms with van der Waals surface area (Å²) < 4.78 is 11.7. The molecule has 132 valence electrons. The lowest BCUT2D eigenvalue weighted by Gasteiger charge is -2.32. The van der Waals surface area contributed by atoms with Gasteiger partial charge in [0.15, 0.2) is 0 Å². The number of esters is 1. The van der Waals surface area contributed by atoms with Gasteiger partial charge in [0.05, 0.1) is 0 Å². The summed E-state index contributed by atoms with van der Waals surface area (Å²) in [5.74, 6) is -0.563. The lowest BCUT2D eigenvalue weighted by Crippen LogP contribution is -2.41. The molecule has 0 bridgehead atoms. The molecule has 1 aliphatic rings. The van der Waals surface area contributed by atoms with Crippen molar-refractivity contribution in [3.8, 4) is 0 Å². The summed E-state index contributed by atoms with van der Waals surface area (Å²) in [5, 5.41) is 11.1. The molecule has 4 heteroatoms. The highest BCUT2D eigenvalue weighted by molar-refractivity contribution is 5.84. The fraction of sp³-hybridized carbons (Fsp3) is 0.381. The van der Waals surface area contributed by atoms with Gasteiger partial charge in [-0.15, -0.1) is 0 Å². The van der Waals surface area contributed by atoms with Crippen LogP contribution in [-0.4, -0.2) is 17.4 Å². The molecule has 3 rings (SSSR count). The molecule has 0 amide bonds. The molecule has 1 fully saturated rings. The molecule has 0 aromatic heterocycles. The molecule has 3 atom stereocenters. The highest BCUT2D eigenvalue weighted by Crippen LogP contribution is 2.48.